The van der Waals surface area contributed by atoms with Crippen molar-refractivity contribution in [2.24, 2.45) is 11.8 Å². The quantitative estimate of drug-likeness (QED) is 0.728. The van der Waals surface area contributed by atoms with Gasteiger partial charge in [0, 0.05) is 18.4 Å². The van der Waals surface area contributed by atoms with Crippen LogP contribution in [0.5, 0.6) is 0 Å². The lowest BCUT2D eigenvalue weighted by atomic mass is 9.85. The molecule has 2 atom stereocenters. The fourth-order valence-electron chi connectivity index (χ4n) is 3.16. The van der Waals surface area contributed by atoms with Gasteiger partial charge in [-0.2, -0.15) is 0 Å². The molecule has 1 aliphatic rings. The van der Waals surface area contributed by atoms with Crippen molar-refractivity contribution >= 4 is 27.4 Å². The first kappa shape index (κ1) is 20.4. The van der Waals surface area contributed by atoms with Crippen molar-refractivity contribution < 1.29 is 22.7 Å². The van der Waals surface area contributed by atoms with Gasteiger partial charge in [-0.3, -0.25) is 4.79 Å². The third-order valence-corrected chi connectivity index (χ3v) is 5.78. The summed E-state index contributed by atoms with van der Waals surface area (Å²) in [5.41, 5.74) is 0.350. The van der Waals surface area contributed by atoms with E-state index in [1.165, 1.54) is 25.3 Å². The Kier molecular flexibility index (Phi) is 6.77. The lowest BCUT2D eigenvalue weighted by molar-refractivity contribution is -0.117. The van der Waals surface area contributed by atoms with E-state index >= 15 is 0 Å². The van der Waals surface area contributed by atoms with Gasteiger partial charge in [0.15, 0.2) is 9.84 Å². The Morgan fingerprint density at radius 2 is 2.08 bits per heavy atom. The smallest absolute Gasteiger partial charge is 0.337 e. The first-order valence-corrected chi connectivity index (χ1v) is 10.5. The molecule has 1 aromatic carbocycles. The van der Waals surface area contributed by atoms with Gasteiger partial charge in [-0.1, -0.05) is 6.92 Å². The number of anilines is 1. The standard InChI is InChI=1S/C18H26N2O5S/c1-12(13-5-4-6-19-11-13)7-17(21)20-15-8-14(18(22)25-2)9-16(10-15)26(3,23)24/h8-10,12-13,19H,4-7,11H2,1-3H3,(H,20,21). The molecule has 1 saturated heterocycles. The summed E-state index contributed by atoms with van der Waals surface area (Å²) in [6.07, 6.45) is 3.59. The zero-order chi connectivity index (χ0) is 19.3. The molecule has 2 unspecified atom stereocenters. The van der Waals surface area contributed by atoms with Gasteiger partial charge < -0.3 is 15.4 Å². The number of ether oxygens (including phenoxy) is 1. The monoisotopic (exact) mass is 382 g/mol. The minimum absolute atomic E-state index is 0.0415. The van der Waals surface area contributed by atoms with Gasteiger partial charge >= 0.3 is 5.97 Å². The summed E-state index contributed by atoms with van der Waals surface area (Å²) >= 11 is 0. The Labute approximate surface area is 154 Å². The molecule has 144 valence electrons. The number of amides is 1. The molecular formula is C18H26N2O5S. The molecule has 1 amide bonds. The van der Waals surface area contributed by atoms with Crippen LogP contribution in [0, 0.1) is 11.8 Å². The zero-order valence-electron chi connectivity index (χ0n) is 15.4. The van der Waals surface area contributed by atoms with E-state index in [4.69, 9.17) is 0 Å². The molecule has 1 fully saturated rings. The van der Waals surface area contributed by atoms with Crippen molar-refractivity contribution in [2.45, 2.75) is 31.1 Å². The topological polar surface area (TPSA) is 102 Å². The molecule has 26 heavy (non-hydrogen) atoms. The molecule has 0 saturated carbocycles. The van der Waals surface area contributed by atoms with Crippen molar-refractivity contribution in [1.29, 1.82) is 0 Å². The summed E-state index contributed by atoms with van der Waals surface area (Å²) in [4.78, 5) is 24.1. The minimum Gasteiger partial charge on any atom is -0.465 e. The number of carbonyl (C=O) groups is 2. The van der Waals surface area contributed by atoms with Crippen LogP contribution in [0.4, 0.5) is 5.69 Å². The van der Waals surface area contributed by atoms with E-state index in [0.717, 1.165) is 32.2 Å². The van der Waals surface area contributed by atoms with Crippen LogP contribution in [-0.4, -0.2) is 46.7 Å². The predicted octanol–water partition coefficient (Wildman–Crippen LogP) is 1.84. The van der Waals surface area contributed by atoms with Crippen LogP contribution < -0.4 is 10.6 Å². The number of carbonyl (C=O) groups excluding carboxylic acids is 2. The lowest BCUT2D eigenvalue weighted by Crippen LogP contribution is -2.34. The molecule has 1 heterocycles. The Morgan fingerprint density at radius 1 is 1.35 bits per heavy atom. The van der Waals surface area contributed by atoms with E-state index < -0.39 is 15.8 Å². The molecule has 0 spiro atoms. The van der Waals surface area contributed by atoms with Crippen LogP contribution in [0.1, 0.15) is 36.5 Å². The third-order valence-electron chi connectivity index (χ3n) is 4.69. The average molecular weight is 382 g/mol. The number of esters is 1. The molecule has 8 heteroatoms. The highest BCUT2D eigenvalue weighted by molar-refractivity contribution is 7.90. The van der Waals surface area contributed by atoms with Gasteiger partial charge in [-0.15, -0.1) is 0 Å². The predicted molar refractivity (Wildman–Crippen MR) is 98.9 cm³/mol. The number of hydrogen-bond donors (Lipinski definition) is 2. The Hall–Kier alpha value is -1.93. The van der Waals surface area contributed by atoms with E-state index in [2.05, 4.69) is 15.4 Å². The second-order valence-corrected chi connectivity index (χ2v) is 8.86. The summed E-state index contributed by atoms with van der Waals surface area (Å²) in [7, 11) is -2.32. The van der Waals surface area contributed by atoms with Crippen molar-refractivity contribution in [3.05, 3.63) is 23.8 Å². The van der Waals surface area contributed by atoms with Crippen LogP contribution >= 0.6 is 0 Å². The molecule has 1 aromatic rings. The van der Waals surface area contributed by atoms with Crippen LogP contribution in [-0.2, 0) is 19.4 Å². The lowest BCUT2D eigenvalue weighted by Gasteiger charge is -2.28. The minimum atomic E-state index is -3.53. The summed E-state index contributed by atoms with van der Waals surface area (Å²) in [6, 6.07) is 4.02. The second-order valence-electron chi connectivity index (χ2n) is 6.85. The highest BCUT2D eigenvalue weighted by Gasteiger charge is 2.22. The number of nitrogens with one attached hydrogen (secondary N) is 2. The molecule has 0 radical (unpaired) electrons. The summed E-state index contributed by atoms with van der Waals surface area (Å²) < 4.78 is 28.3. The van der Waals surface area contributed by atoms with E-state index in [1.54, 1.807) is 0 Å². The molecular weight excluding hydrogens is 356 g/mol. The van der Waals surface area contributed by atoms with E-state index in [0.29, 0.717) is 12.3 Å². The summed E-state index contributed by atoms with van der Waals surface area (Å²) in [5, 5.41) is 6.05. The summed E-state index contributed by atoms with van der Waals surface area (Å²) in [6.45, 7) is 3.97. The Balaban J connectivity index is 2.14. The van der Waals surface area contributed by atoms with E-state index in [1.807, 2.05) is 6.92 Å². The maximum atomic E-state index is 12.4. The fraction of sp³-hybridized carbons (Fsp3) is 0.556. The first-order valence-electron chi connectivity index (χ1n) is 8.64. The van der Waals surface area contributed by atoms with Crippen molar-refractivity contribution in [3.63, 3.8) is 0 Å². The number of rotatable bonds is 6. The fourth-order valence-corrected chi connectivity index (χ4v) is 3.84. The maximum absolute atomic E-state index is 12.4. The molecule has 0 aromatic heterocycles. The van der Waals surface area contributed by atoms with Crippen LogP contribution in [0.2, 0.25) is 0 Å². The highest BCUT2D eigenvalue weighted by atomic mass is 32.2. The van der Waals surface area contributed by atoms with E-state index in [9.17, 15) is 18.0 Å². The molecule has 7 nitrogen and oxygen atoms in total. The molecule has 0 bridgehead atoms. The van der Waals surface area contributed by atoms with Crippen LogP contribution in [0.3, 0.4) is 0 Å². The van der Waals surface area contributed by atoms with Crippen molar-refractivity contribution in [3.8, 4) is 0 Å². The molecule has 1 aliphatic heterocycles. The number of hydrogen-bond acceptors (Lipinski definition) is 6. The Morgan fingerprint density at radius 3 is 2.65 bits per heavy atom. The number of piperidine rings is 1. The van der Waals surface area contributed by atoms with Gasteiger partial charge in [0.1, 0.15) is 0 Å². The first-order chi connectivity index (χ1) is 12.2. The van der Waals surface area contributed by atoms with Crippen molar-refractivity contribution in [2.75, 3.05) is 31.8 Å². The zero-order valence-corrected chi connectivity index (χ0v) is 16.2. The highest BCUT2D eigenvalue weighted by Crippen LogP contribution is 2.24. The van der Waals surface area contributed by atoms with Gasteiger partial charge in [0.2, 0.25) is 5.91 Å². The van der Waals surface area contributed by atoms with Gasteiger partial charge in [0.25, 0.3) is 0 Å². The summed E-state index contributed by atoms with van der Waals surface area (Å²) in [5.74, 6) is -0.208. The largest absolute Gasteiger partial charge is 0.465 e. The average Bonchev–Trinajstić information content (AvgIpc) is 2.60. The molecule has 2 N–H and O–H groups in total. The van der Waals surface area contributed by atoms with Crippen LogP contribution in [0.25, 0.3) is 0 Å². The SMILES string of the molecule is COC(=O)c1cc(NC(=O)CC(C)C2CCCNC2)cc(S(C)(=O)=O)c1. The van der Waals surface area contributed by atoms with Gasteiger partial charge in [0.05, 0.1) is 17.6 Å². The van der Waals surface area contributed by atoms with Crippen molar-refractivity contribution in [1.82, 2.24) is 5.32 Å². The van der Waals surface area contributed by atoms with Gasteiger partial charge in [-0.05, 0) is 56.0 Å². The van der Waals surface area contributed by atoms with E-state index in [-0.39, 0.29) is 28.0 Å². The normalized spacial score (nSPS) is 18.8. The molecule has 0 aliphatic carbocycles. The maximum Gasteiger partial charge on any atom is 0.337 e. The second kappa shape index (κ2) is 8.64. The third kappa shape index (κ3) is 5.54. The number of sulfone groups is 1. The number of methoxy groups -OCH3 is 1. The Bertz CT molecular complexity index is 770. The number of benzene rings is 1. The van der Waals surface area contributed by atoms with Crippen LogP contribution in [0.15, 0.2) is 23.1 Å². The molecule has 2 rings (SSSR count). The van der Waals surface area contributed by atoms with Gasteiger partial charge in [-0.25, -0.2) is 13.2 Å².